The largest absolute Gasteiger partial charge is 2.00 e. The molecular formula is C37H23N5OPt. The zero-order chi connectivity index (χ0) is 28.7. The van der Waals surface area contributed by atoms with Crippen molar-refractivity contribution in [3.63, 3.8) is 0 Å². The zero-order valence-corrected chi connectivity index (χ0v) is 26.0. The topological polar surface area (TPSA) is 56.7 Å². The van der Waals surface area contributed by atoms with E-state index in [-0.39, 0.29) is 21.1 Å². The molecule has 0 aliphatic heterocycles. The van der Waals surface area contributed by atoms with Gasteiger partial charge in [-0.25, -0.2) is 4.98 Å². The molecule has 4 aromatic carbocycles. The van der Waals surface area contributed by atoms with Gasteiger partial charge in [-0.05, 0) is 47.4 Å². The molecule has 212 valence electrons. The van der Waals surface area contributed by atoms with Gasteiger partial charge in [-0.1, -0.05) is 88.3 Å². The fraction of sp³-hybridized carbons (Fsp3) is 0.0541. The Morgan fingerprint density at radius 1 is 0.568 bits per heavy atom. The van der Waals surface area contributed by atoms with Crippen LogP contribution in [0.25, 0.3) is 65.9 Å². The van der Waals surface area contributed by atoms with Gasteiger partial charge in [0, 0.05) is 53.6 Å². The Morgan fingerprint density at radius 2 is 1.16 bits per heavy atom. The van der Waals surface area contributed by atoms with E-state index in [9.17, 15) is 0 Å². The second kappa shape index (κ2) is 10.0. The normalized spacial score (nSPS) is 11.7. The molecule has 0 aliphatic rings. The molecule has 0 fully saturated rings. The van der Waals surface area contributed by atoms with E-state index in [0.717, 1.165) is 54.8 Å². The van der Waals surface area contributed by atoms with Crippen molar-refractivity contribution in [2.24, 2.45) is 0 Å². The average molecular weight is 749 g/mol. The van der Waals surface area contributed by atoms with E-state index >= 15 is 0 Å². The Bertz CT molecular complexity index is 2560. The quantitative estimate of drug-likeness (QED) is 0.134. The van der Waals surface area contributed by atoms with E-state index < -0.39 is 0 Å². The summed E-state index contributed by atoms with van der Waals surface area (Å²) >= 11 is 0. The molecule has 0 amide bonds. The molecule has 0 saturated carbocycles. The minimum absolute atomic E-state index is 0. The molecule has 0 saturated heterocycles. The van der Waals surface area contributed by atoms with Gasteiger partial charge in [-0.3, -0.25) is 9.97 Å². The first-order chi connectivity index (χ1) is 21.2. The Kier molecular flexibility index (Phi) is 6.04. The van der Waals surface area contributed by atoms with Crippen molar-refractivity contribution in [3.05, 3.63) is 127 Å². The van der Waals surface area contributed by atoms with Crippen molar-refractivity contribution in [2.45, 2.75) is 13.8 Å². The van der Waals surface area contributed by atoms with Crippen LogP contribution >= 0.6 is 0 Å². The number of pyridine rings is 3. The number of imidazole rings is 2. The van der Waals surface area contributed by atoms with E-state index in [1.54, 1.807) is 12.4 Å². The first-order valence-corrected chi connectivity index (χ1v) is 14.2. The summed E-state index contributed by atoms with van der Waals surface area (Å²) < 4.78 is 10.6. The SMILES string of the molecule is Cc1cccc(C)c1-c1cccc2c3ccc(Oc4[c-]c5c(cc4)c4cccnc4n4ccnc54)[c-]c3c3nccn3c12.[Pt+2]. The van der Waals surface area contributed by atoms with Crippen molar-refractivity contribution in [2.75, 3.05) is 0 Å². The number of rotatable bonds is 3. The molecule has 0 aliphatic carbocycles. The van der Waals surface area contributed by atoms with Gasteiger partial charge in [0.15, 0.2) is 0 Å². The molecular weight excluding hydrogens is 726 g/mol. The van der Waals surface area contributed by atoms with Crippen LogP contribution in [0.15, 0.2) is 104 Å². The summed E-state index contributed by atoms with van der Waals surface area (Å²) in [6.07, 6.45) is 9.39. The molecule has 9 rings (SSSR count). The Labute approximate surface area is 266 Å². The minimum Gasteiger partial charge on any atom is -0.497 e. The Balaban J connectivity index is 0.00000289. The number of aromatic nitrogens is 5. The van der Waals surface area contributed by atoms with Crippen LogP contribution in [0.4, 0.5) is 0 Å². The van der Waals surface area contributed by atoms with Crippen LogP contribution < -0.4 is 4.74 Å². The number of para-hydroxylation sites is 1. The standard InChI is InChI=1S/C37H23N5O.Pt/c1-22-6-3-7-23(2)33(22)30-9-4-8-28-26-13-11-24(20-31(26)36-39-16-18-41(36)34(28)30)43-25-12-14-27-29-10-5-15-38-35(29)42-19-17-40-37(42)32(27)21-25;/h3-19H,1-2H3;/q-2;+2. The maximum absolute atomic E-state index is 6.39. The molecule has 0 radical (unpaired) electrons. The van der Waals surface area contributed by atoms with Crippen molar-refractivity contribution < 1.29 is 25.8 Å². The van der Waals surface area contributed by atoms with Crippen LogP contribution in [0.5, 0.6) is 11.5 Å². The number of aryl methyl sites for hydroxylation is 2. The first-order valence-electron chi connectivity index (χ1n) is 14.2. The smallest absolute Gasteiger partial charge is 0.497 e. The van der Waals surface area contributed by atoms with E-state index in [1.807, 2.05) is 41.2 Å². The summed E-state index contributed by atoms with van der Waals surface area (Å²) in [5.74, 6) is 1.19. The van der Waals surface area contributed by atoms with Crippen LogP contribution in [0.3, 0.4) is 0 Å². The number of hydrogen-bond acceptors (Lipinski definition) is 4. The molecule has 0 atom stereocenters. The number of nitrogens with zero attached hydrogens (tertiary/aromatic N) is 5. The maximum atomic E-state index is 6.39. The van der Waals surface area contributed by atoms with E-state index in [2.05, 4.69) is 94.9 Å². The first kappa shape index (κ1) is 26.6. The molecule has 0 N–H and O–H groups in total. The fourth-order valence-corrected chi connectivity index (χ4v) is 6.58. The van der Waals surface area contributed by atoms with E-state index in [0.29, 0.717) is 11.5 Å². The summed E-state index contributed by atoms with van der Waals surface area (Å²) in [5.41, 5.74) is 8.58. The zero-order valence-electron chi connectivity index (χ0n) is 23.8. The Hall–Kier alpha value is -5.06. The molecule has 0 spiro atoms. The van der Waals surface area contributed by atoms with Crippen molar-refractivity contribution in [3.8, 4) is 22.6 Å². The number of ether oxygens (including phenoxy) is 1. The fourth-order valence-electron chi connectivity index (χ4n) is 6.58. The summed E-state index contributed by atoms with van der Waals surface area (Å²) in [4.78, 5) is 14.0. The van der Waals surface area contributed by atoms with Crippen molar-refractivity contribution in [1.29, 1.82) is 0 Å². The molecule has 7 heteroatoms. The maximum Gasteiger partial charge on any atom is 2.00 e. The molecule has 5 aromatic heterocycles. The monoisotopic (exact) mass is 748 g/mol. The summed E-state index contributed by atoms with van der Waals surface area (Å²) in [7, 11) is 0. The van der Waals surface area contributed by atoms with Gasteiger partial charge in [0.2, 0.25) is 0 Å². The summed E-state index contributed by atoms with van der Waals surface area (Å²) in [6, 6.07) is 32.1. The second-order valence-electron chi connectivity index (χ2n) is 10.9. The predicted molar refractivity (Wildman–Crippen MR) is 171 cm³/mol. The van der Waals surface area contributed by atoms with Crippen LogP contribution in [0.2, 0.25) is 0 Å². The summed E-state index contributed by atoms with van der Waals surface area (Å²) in [5, 5.41) is 6.07. The van der Waals surface area contributed by atoms with Crippen LogP contribution in [-0.4, -0.2) is 23.8 Å². The van der Waals surface area contributed by atoms with Gasteiger partial charge in [0.1, 0.15) is 5.65 Å². The molecule has 5 heterocycles. The van der Waals surface area contributed by atoms with Gasteiger partial charge in [-0.2, -0.15) is 0 Å². The van der Waals surface area contributed by atoms with Gasteiger partial charge >= 0.3 is 21.1 Å². The van der Waals surface area contributed by atoms with Gasteiger partial charge in [0.05, 0.1) is 11.3 Å². The number of hydrogen-bond donors (Lipinski definition) is 0. The molecule has 44 heavy (non-hydrogen) atoms. The molecule has 9 aromatic rings. The molecule has 0 bridgehead atoms. The van der Waals surface area contributed by atoms with Crippen LogP contribution in [0.1, 0.15) is 11.1 Å². The van der Waals surface area contributed by atoms with Gasteiger partial charge in [0.25, 0.3) is 0 Å². The summed E-state index contributed by atoms with van der Waals surface area (Å²) in [6.45, 7) is 4.34. The Morgan fingerprint density at radius 3 is 1.89 bits per heavy atom. The van der Waals surface area contributed by atoms with Crippen LogP contribution in [0, 0.1) is 26.0 Å². The molecule has 6 nitrogen and oxygen atoms in total. The predicted octanol–water partition coefficient (Wildman–Crippen LogP) is 8.66. The van der Waals surface area contributed by atoms with Crippen molar-refractivity contribution in [1.82, 2.24) is 23.8 Å². The third kappa shape index (κ3) is 3.81. The van der Waals surface area contributed by atoms with E-state index in [1.165, 1.54) is 22.3 Å². The van der Waals surface area contributed by atoms with Crippen LogP contribution in [-0.2, 0) is 21.1 Å². The third-order valence-corrected chi connectivity index (χ3v) is 8.41. The van der Waals surface area contributed by atoms with E-state index in [4.69, 9.17) is 9.72 Å². The number of fused-ring (bicyclic) bond motifs is 12. The second-order valence-corrected chi connectivity index (χ2v) is 10.9. The average Bonchev–Trinajstić information content (AvgIpc) is 3.72. The molecule has 0 unspecified atom stereocenters. The minimum atomic E-state index is 0. The van der Waals surface area contributed by atoms with Gasteiger partial charge in [-0.15, -0.1) is 12.1 Å². The van der Waals surface area contributed by atoms with Gasteiger partial charge < -0.3 is 13.5 Å². The third-order valence-electron chi connectivity index (χ3n) is 8.41. The number of benzene rings is 4. The van der Waals surface area contributed by atoms with Crippen molar-refractivity contribution >= 4 is 54.8 Å².